The maximum atomic E-state index is 12.5. The Morgan fingerprint density at radius 2 is 1.92 bits per heavy atom. The standard InChI is InChI=1S/C14H23BrN4O4S/c1-13(2,3)18-12(20)23-8-14(4,5)19-24(21,22)10-6-9(15)7-17-11(10)16/h6-7,19H,8H2,1-5H3,(H2,16,17)(H,18,20). The van der Waals surface area contributed by atoms with Gasteiger partial charge in [-0.1, -0.05) is 0 Å². The fourth-order valence-corrected chi connectivity index (χ4v) is 3.67. The number of halogens is 1. The van der Waals surface area contributed by atoms with Gasteiger partial charge in [-0.25, -0.2) is 22.9 Å². The molecule has 4 N–H and O–H groups in total. The minimum Gasteiger partial charge on any atom is -0.448 e. The van der Waals surface area contributed by atoms with E-state index in [0.29, 0.717) is 4.47 Å². The Kier molecular flexibility index (Phi) is 6.23. The highest BCUT2D eigenvalue weighted by atomic mass is 79.9. The molecule has 1 heterocycles. The van der Waals surface area contributed by atoms with E-state index in [-0.39, 0.29) is 17.3 Å². The lowest BCUT2D eigenvalue weighted by Crippen LogP contribution is -2.49. The molecule has 1 aromatic heterocycles. The number of amides is 1. The minimum atomic E-state index is -3.93. The number of carbonyl (C=O) groups excluding carboxylic acids is 1. The number of hydrogen-bond acceptors (Lipinski definition) is 6. The lowest BCUT2D eigenvalue weighted by atomic mass is 10.1. The Morgan fingerprint density at radius 3 is 2.46 bits per heavy atom. The van der Waals surface area contributed by atoms with Crippen LogP contribution in [0.15, 0.2) is 21.6 Å². The molecule has 136 valence electrons. The van der Waals surface area contributed by atoms with E-state index in [4.69, 9.17) is 10.5 Å². The van der Waals surface area contributed by atoms with E-state index in [2.05, 4.69) is 31.0 Å². The Balaban J connectivity index is 2.82. The second kappa shape index (κ2) is 7.24. The average Bonchev–Trinajstić information content (AvgIpc) is 2.36. The summed E-state index contributed by atoms with van der Waals surface area (Å²) in [6.45, 7) is 8.46. The Labute approximate surface area is 150 Å². The van der Waals surface area contributed by atoms with Crippen molar-refractivity contribution in [1.29, 1.82) is 0 Å². The maximum Gasteiger partial charge on any atom is 0.407 e. The van der Waals surface area contributed by atoms with Gasteiger partial charge < -0.3 is 15.8 Å². The van der Waals surface area contributed by atoms with Gasteiger partial charge in [0.2, 0.25) is 10.0 Å². The van der Waals surface area contributed by atoms with Gasteiger partial charge in [0.05, 0.1) is 5.54 Å². The smallest absolute Gasteiger partial charge is 0.407 e. The van der Waals surface area contributed by atoms with E-state index < -0.39 is 27.2 Å². The third-order valence-corrected chi connectivity index (χ3v) is 4.75. The lowest BCUT2D eigenvalue weighted by Gasteiger charge is -2.27. The van der Waals surface area contributed by atoms with Crippen LogP contribution in [0.5, 0.6) is 0 Å². The zero-order valence-corrected chi connectivity index (χ0v) is 16.7. The number of nitrogens with one attached hydrogen (secondary N) is 2. The summed E-state index contributed by atoms with van der Waals surface area (Å²) in [5.74, 6) is -0.118. The number of aromatic nitrogens is 1. The van der Waals surface area contributed by atoms with E-state index in [1.165, 1.54) is 12.3 Å². The van der Waals surface area contributed by atoms with Crippen molar-refractivity contribution in [2.24, 2.45) is 0 Å². The summed E-state index contributed by atoms with van der Waals surface area (Å²) in [7, 11) is -3.93. The number of nitrogens with two attached hydrogens (primary N) is 1. The van der Waals surface area contributed by atoms with Crippen molar-refractivity contribution >= 4 is 37.9 Å². The van der Waals surface area contributed by atoms with Crippen LogP contribution >= 0.6 is 15.9 Å². The highest BCUT2D eigenvalue weighted by Gasteiger charge is 2.30. The number of rotatable bonds is 5. The fraction of sp³-hybridized carbons (Fsp3) is 0.571. The highest BCUT2D eigenvalue weighted by Crippen LogP contribution is 2.22. The van der Waals surface area contributed by atoms with Crippen molar-refractivity contribution < 1.29 is 17.9 Å². The van der Waals surface area contributed by atoms with Gasteiger partial charge in [0.25, 0.3) is 0 Å². The van der Waals surface area contributed by atoms with Crippen LogP contribution in [-0.4, -0.2) is 37.2 Å². The first-order chi connectivity index (χ1) is 10.7. The third-order valence-electron chi connectivity index (χ3n) is 2.59. The van der Waals surface area contributed by atoms with Crippen molar-refractivity contribution in [1.82, 2.24) is 15.0 Å². The van der Waals surface area contributed by atoms with Crippen molar-refractivity contribution in [3.8, 4) is 0 Å². The summed E-state index contributed by atoms with van der Waals surface area (Å²) in [4.78, 5) is 15.3. The van der Waals surface area contributed by atoms with Crippen molar-refractivity contribution in [2.75, 3.05) is 12.3 Å². The van der Waals surface area contributed by atoms with E-state index in [1.807, 2.05) is 20.8 Å². The van der Waals surface area contributed by atoms with Crippen LogP contribution in [0.4, 0.5) is 10.6 Å². The molecule has 1 rings (SSSR count). The first-order valence-corrected chi connectivity index (χ1v) is 9.39. The van der Waals surface area contributed by atoms with E-state index in [9.17, 15) is 13.2 Å². The van der Waals surface area contributed by atoms with Gasteiger partial charge in [0, 0.05) is 16.2 Å². The maximum absolute atomic E-state index is 12.5. The average molecular weight is 423 g/mol. The number of pyridine rings is 1. The van der Waals surface area contributed by atoms with E-state index in [0.717, 1.165) is 0 Å². The molecule has 0 aliphatic heterocycles. The van der Waals surface area contributed by atoms with Crippen molar-refractivity contribution in [3.05, 3.63) is 16.7 Å². The monoisotopic (exact) mass is 422 g/mol. The van der Waals surface area contributed by atoms with E-state index in [1.54, 1.807) is 13.8 Å². The van der Waals surface area contributed by atoms with Crippen LogP contribution in [0.1, 0.15) is 34.6 Å². The van der Waals surface area contributed by atoms with Gasteiger partial charge in [0.1, 0.15) is 17.3 Å². The van der Waals surface area contributed by atoms with Crippen LogP contribution in [-0.2, 0) is 14.8 Å². The first kappa shape index (κ1) is 20.7. The molecule has 0 aliphatic rings. The molecule has 0 spiro atoms. The summed E-state index contributed by atoms with van der Waals surface area (Å²) >= 11 is 3.16. The summed E-state index contributed by atoms with van der Waals surface area (Å²) in [5.41, 5.74) is 4.15. The molecule has 0 atom stereocenters. The van der Waals surface area contributed by atoms with Gasteiger partial charge >= 0.3 is 6.09 Å². The first-order valence-electron chi connectivity index (χ1n) is 7.12. The largest absolute Gasteiger partial charge is 0.448 e. The molecule has 1 amide bonds. The molecule has 0 unspecified atom stereocenters. The van der Waals surface area contributed by atoms with Gasteiger partial charge in [0.15, 0.2) is 0 Å². The van der Waals surface area contributed by atoms with E-state index >= 15 is 0 Å². The number of anilines is 1. The number of nitrogens with zero attached hydrogens (tertiary/aromatic N) is 1. The molecular formula is C14H23BrN4O4S. The Hall–Kier alpha value is -1.39. The number of sulfonamides is 1. The van der Waals surface area contributed by atoms with Crippen LogP contribution in [0.2, 0.25) is 0 Å². The summed E-state index contributed by atoms with van der Waals surface area (Å²) in [6, 6.07) is 1.36. The summed E-state index contributed by atoms with van der Waals surface area (Å²) in [6.07, 6.45) is 0.776. The number of hydrogen-bond donors (Lipinski definition) is 3. The van der Waals surface area contributed by atoms with Crippen LogP contribution < -0.4 is 15.8 Å². The van der Waals surface area contributed by atoms with Crippen LogP contribution in [0, 0.1) is 0 Å². The molecule has 8 nitrogen and oxygen atoms in total. The molecule has 0 aromatic carbocycles. The molecule has 0 radical (unpaired) electrons. The van der Waals surface area contributed by atoms with Gasteiger partial charge in [-0.3, -0.25) is 0 Å². The molecule has 0 fully saturated rings. The predicted octanol–water partition coefficient (Wildman–Crippen LogP) is 2.01. The van der Waals surface area contributed by atoms with Gasteiger partial charge in [-0.15, -0.1) is 0 Å². The summed E-state index contributed by atoms with van der Waals surface area (Å²) < 4.78 is 33.0. The number of ether oxygens (including phenoxy) is 1. The SMILES string of the molecule is CC(C)(C)NC(=O)OCC(C)(C)NS(=O)(=O)c1cc(Br)cnc1N. The van der Waals surface area contributed by atoms with Gasteiger partial charge in [-0.05, 0) is 56.6 Å². The van der Waals surface area contributed by atoms with Crippen LogP contribution in [0.3, 0.4) is 0 Å². The molecule has 0 saturated heterocycles. The Bertz CT molecular complexity index is 714. The topological polar surface area (TPSA) is 123 Å². The molecule has 1 aromatic rings. The molecule has 0 aliphatic carbocycles. The molecule has 10 heteroatoms. The third kappa shape index (κ3) is 6.62. The van der Waals surface area contributed by atoms with Crippen molar-refractivity contribution in [3.63, 3.8) is 0 Å². The number of carbonyl (C=O) groups is 1. The second-order valence-electron chi connectivity index (χ2n) is 6.98. The molecule has 24 heavy (non-hydrogen) atoms. The number of alkyl carbamates (subject to hydrolysis) is 1. The Morgan fingerprint density at radius 1 is 1.33 bits per heavy atom. The predicted molar refractivity (Wildman–Crippen MR) is 95.0 cm³/mol. The van der Waals surface area contributed by atoms with Crippen LogP contribution in [0.25, 0.3) is 0 Å². The molecule has 0 saturated carbocycles. The normalized spacial score (nSPS) is 12.8. The lowest BCUT2D eigenvalue weighted by molar-refractivity contribution is 0.113. The molecular weight excluding hydrogens is 400 g/mol. The highest BCUT2D eigenvalue weighted by molar-refractivity contribution is 9.10. The summed E-state index contributed by atoms with van der Waals surface area (Å²) in [5, 5.41) is 2.63. The molecule has 0 bridgehead atoms. The fourth-order valence-electron chi connectivity index (χ4n) is 1.68. The second-order valence-corrected chi connectivity index (χ2v) is 9.54. The number of nitrogen functional groups attached to an aromatic ring is 1. The van der Waals surface area contributed by atoms with Crippen molar-refractivity contribution in [2.45, 2.75) is 50.6 Å². The zero-order chi connectivity index (χ0) is 18.8. The quantitative estimate of drug-likeness (QED) is 0.666. The zero-order valence-electron chi connectivity index (χ0n) is 14.3. The van der Waals surface area contributed by atoms with Gasteiger partial charge in [-0.2, -0.15) is 0 Å². The minimum absolute atomic E-state index is 0.118.